The van der Waals surface area contributed by atoms with Gasteiger partial charge >= 0.3 is 0 Å². The first kappa shape index (κ1) is 24.3. The summed E-state index contributed by atoms with van der Waals surface area (Å²) in [5.41, 5.74) is 2.19. The molecule has 32 heavy (non-hydrogen) atoms. The minimum atomic E-state index is -3.29. The Bertz CT molecular complexity index is 953. The number of piperidine rings is 1. The van der Waals surface area contributed by atoms with Crippen molar-refractivity contribution in [2.24, 2.45) is 5.92 Å². The summed E-state index contributed by atoms with van der Waals surface area (Å²) < 4.78 is 32.2. The van der Waals surface area contributed by atoms with Crippen molar-refractivity contribution in [3.05, 3.63) is 65.7 Å². The standard InChI is InChI=1S/C25H34N2O4S/c1-3-24(21-11-13-23(31-2)14-12-21)26-25(28)22-15-17-27(18-16-22)32(29,30)19-7-10-20-8-5-4-6-9-20/h4-6,8-9,11-14,22,24H,3,7,10,15-19H2,1-2H3,(H,26,28)/t24-/m1/s1. The van der Waals surface area contributed by atoms with E-state index in [0.29, 0.717) is 32.4 Å². The molecule has 1 aliphatic rings. The van der Waals surface area contributed by atoms with Crippen molar-refractivity contribution in [2.45, 2.75) is 45.1 Å². The molecule has 2 aromatic rings. The lowest BCUT2D eigenvalue weighted by atomic mass is 9.95. The van der Waals surface area contributed by atoms with E-state index in [1.165, 1.54) is 0 Å². The van der Waals surface area contributed by atoms with Crippen LogP contribution in [0.4, 0.5) is 0 Å². The highest BCUT2D eigenvalue weighted by molar-refractivity contribution is 7.89. The third-order valence-corrected chi connectivity index (χ3v) is 8.13. The summed E-state index contributed by atoms with van der Waals surface area (Å²) in [6.45, 7) is 2.86. The molecule has 0 radical (unpaired) electrons. The highest BCUT2D eigenvalue weighted by Gasteiger charge is 2.31. The molecule has 7 heteroatoms. The van der Waals surface area contributed by atoms with Crippen LogP contribution in [0.15, 0.2) is 54.6 Å². The Morgan fingerprint density at radius 2 is 1.75 bits per heavy atom. The van der Waals surface area contributed by atoms with Crippen molar-refractivity contribution >= 4 is 15.9 Å². The van der Waals surface area contributed by atoms with Gasteiger partial charge in [-0.3, -0.25) is 4.79 Å². The number of methoxy groups -OCH3 is 1. The monoisotopic (exact) mass is 458 g/mol. The molecule has 1 atom stereocenters. The van der Waals surface area contributed by atoms with Gasteiger partial charge < -0.3 is 10.1 Å². The van der Waals surface area contributed by atoms with Gasteiger partial charge in [0.15, 0.2) is 0 Å². The average molecular weight is 459 g/mol. The van der Waals surface area contributed by atoms with Gasteiger partial charge in [0.1, 0.15) is 5.75 Å². The predicted molar refractivity (Wildman–Crippen MR) is 127 cm³/mol. The second kappa shape index (κ2) is 11.5. The molecule has 174 valence electrons. The largest absolute Gasteiger partial charge is 0.497 e. The molecule has 1 fully saturated rings. The van der Waals surface area contributed by atoms with Crippen molar-refractivity contribution in [1.82, 2.24) is 9.62 Å². The maximum atomic E-state index is 12.8. The van der Waals surface area contributed by atoms with E-state index >= 15 is 0 Å². The SMILES string of the molecule is CC[C@@H](NC(=O)C1CCN(S(=O)(=O)CCCc2ccccc2)CC1)c1ccc(OC)cc1. The molecule has 1 heterocycles. The minimum Gasteiger partial charge on any atom is -0.497 e. The van der Waals surface area contributed by atoms with Crippen molar-refractivity contribution in [2.75, 3.05) is 26.0 Å². The number of hydrogen-bond donors (Lipinski definition) is 1. The van der Waals surface area contributed by atoms with E-state index < -0.39 is 10.0 Å². The number of carbonyl (C=O) groups is 1. The van der Waals surface area contributed by atoms with Crippen LogP contribution in [0.25, 0.3) is 0 Å². The van der Waals surface area contributed by atoms with Crippen LogP contribution in [0, 0.1) is 5.92 Å². The van der Waals surface area contributed by atoms with Crippen LogP contribution in [0.2, 0.25) is 0 Å². The van der Waals surface area contributed by atoms with E-state index in [-0.39, 0.29) is 23.6 Å². The molecule has 0 spiro atoms. The second-order valence-corrected chi connectivity index (χ2v) is 10.4. The summed E-state index contributed by atoms with van der Waals surface area (Å²) in [4.78, 5) is 12.8. The first-order valence-electron chi connectivity index (χ1n) is 11.4. The maximum Gasteiger partial charge on any atom is 0.223 e. The summed E-state index contributed by atoms with van der Waals surface area (Å²) in [5, 5.41) is 3.15. The molecular formula is C25H34N2O4S. The van der Waals surface area contributed by atoms with Gasteiger partial charge in [-0.2, -0.15) is 0 Å². The number of sulfonamides is 1. The summed E-state index contributed by atoms with van der Waals surface area (Å²) in [6, 6.07) is 17.6. The highest BCUT2D eigenvalue weighted by atomic mass is 32.2. The lowest BCUT2D eigenvalue weighted by Gasteiger charge is -2.31. The van der Waals surface area contributed by atoms with Crippen LogP contribution in [0.3, 0.4) is 0 Å². The number of amides is 1. The van der Waals surface area contributed by atoms with E-state index in [1.54, 1.807) is 11.4 Å². The number of benzene rings is 2. The Hall–Kier alpha value is -2.38. The number of aryl methyl sites for hydroxylation is 1. The Balaban J connectivity index is 1.47. The van der Waals surface area contributed by atoms with Gasteiger partial charge in [-0.15, -0.1) is 0 Å². The van der Waals surface area contributed by atoms with Gasteiger partial charge in [0.05, 0.1) is 18.9 Å². The molecule has 3 rings (SSSR count). The van der Waals surface area contributed by atoms with E-state index in [4.69, 9.17) is 4.74 Å². The quantitative estimate of drug-likeness (QED) is 0.585. The molecule has 0 bridgehead atoms. The van der Waals surface area contributed by atoms with Gasteiger partial charge in [-0.05, 0) is 55.4 Å². The zero-order valence-electron chi connectivity index (χ0n) is 19.0. The van der Waals surface area contributed by atoms with E-state index in [2.05, 4.69) is 5.32 Å². The van der Waals surface area contributed by atoms with E-state index in [1.807, 2.05) is 61.5 Å². The Morgan fingerprint density at radius 1 is 1.09 bits per heavy atom. The van der Waals surface area contributed by atoms with Crippen molar-refractivity contribution in [1.29, 1.82) is 0 Å². The Labute approximate surface area is 192 Å². The summed E-state index contributed by atoms with van der Waals surface area (Å²) in [5.74, 6) is 0.785. The van der Waals surface area contributed by atoms with Gasteiger partial charge in [-0.1, -0.05) is 49.4 Å². The molecule has 1 amide bonds. The smallest absolute Gasteiger partial charge is 0.223 e. The lowest BCUT2D eigenvalue weighted by molar-refractivity contribution is -0.126. The Morgan fingerprint density at radius 3 is 2.34 bits per heavy atom. The Kier molecular flexibility index (Phi) is 8.70. The number of ether oxygens (including phenoxy) is 1. The molecule has 0 aromatic heterocycles. The van der Waals surface area contributed by atoms with E-state index in [9.17, 15) is 13.2 Å². The van der Waals surface area contributed by atoms with Crippen LogP contribution < -0.4 is 10.1 Å². The molecule has 2 aromatic carbocycles. The molecule has 0 saturated carbocycles. The van der Waals surface area contributed by atoms with Crippen LogP contribution in [-0.4, -0.2) is 44.6 Å². The fourth-order valence-electron chi connectivity index (χ4n) is 4.18. The highest BCUT2D eigenvalue weighted by Crippen LogP contribution is 2.24. The third kappa shape index (κ3) is 6.56. The van der Waals surface area contributed by atoms with E-state index in [0.717, 1.165) is 29.7 Å². The van der Waals surface area contributed by atoms with Crippen molar-refractivity contribution in [3.63, 3.8) is 0 Å². The zero-order valence-corrected chi connectivity index (χ0v) is 19.8. The second-order valence-electron chi connectivity index (χ2n) is 8.32. The fraction of sp³-hybridized carbons (Fsp3) is 0.480. The van der Waals surface area contributed by atoms with Gasteiger partial charge in [0.2, 0.25) is 15.9 Å². The number of nitrogens with one attached hydrogen (secondary N) is 1. The first-order chi connectivity index (χ1) is 15.4. The van der Waals surface area contributed by atoms with Crippen LogP contribution in [0.1, 0.15) is 49.8 Å². The normalized spacial score (nSPS) is 16.4. The van der Waals surface area contributed by atoms with Gasteiger partial charge in [-0.25, -0.2) is 12.7 Å². The van der Waals surface area contributed by atoms with Crippen LogP contribution in [0.5, 0.6) is 5.75 Å². The molecule has 1 aliphatic heterocycles. The number of carbonyl (C=O) groups excluding carboxylic acids is 1. The molecule has 0 aliphatic carbocycles. The molecule has 1 N–H and O–H groups in total. The number of hydrogen-bond acceptors (Lipinski definition) is 4. The van der Waals surface area contributed by atoms with Gasteiger partial charge in [0, 0.05) is 19.0 Å². The summed E-state index contributed by atoms with van der Waals surface area (Å²) >= 11 is 0. The summed E-state index contributed by atoms with van der Waals surface area (Å²) in [6.07, 6.45) is 3.26. The zero-order chi connectivity index (χ0) is 23.0. The average Bonchev–Trinajstić information content (AvgIpc) is 2.83. The fourth-order valence-corrected chi connectivity index (χ4v) is 5.71. The first-order valence-corrected chi connectivity index (χ1v) is 13.0. The van der Waals surface area contributed by atoms with Crippen LogP contribution >= 0.6 is 0 Å². The summed E-state index contributed by atoms with van der Waals surface area (Å²) in [7, 11) is -1.66. The number of rotatable bonds is 10. The maximum absolute atomic E-state index is 12.8. The molecule has 6 nitrogen and oxygen atoms in total. The third-order valence-electron chi connectivity index (χ3n) is 6.17. The van der Waals surface area contributed by atoms with Gasteiger partial charge in [0.25, 0.3) is 0 Å². The molecule has 1 saturated heterocycles. The van der Waals surface area contributed by atoms with Crippen LogP contribution in [-0.2, 0) is 21.2 Å². The topological polar surface area (TPSA) is 75.7 Å². The van der Waals surface area contributed by atoms with Crippen molar-refractivity contribution < 1.29 is 17.9 Å². The molecule has 0 unspecified atom stereocenters. The van der Waals surface area contributed by atoms with Crippen molar-refractivity contribution in [3.8, 4) is 5.75 Å². The lowest BCUT2D eigenvalue weighted by Crippen LogP contribution is -2.44. The molecular weight excluding hydrogens is 424 g/mol. The predicted octanol–water partition coefficient (Wildman–Crippen LogP) is 3.94. The number of nitrogens with zero attached hydrogens (tertiary/aromatic N) is 1. The minimum absolute atomic E-state index is 0.00814.